The van der Waals surface area contributed by atoms with E-state index in [1.807, 2.05) is 17.7 Å². The third-order valence-electron chi connectivity index (χ3n) is 5.23. The van der Waals surface area contributed by atoms with Crippen LogP contribution in [-0.4, -0.2) is 26.0 Å². The van der Waals surface area contributed by atoms with Crippen molar-refractivity contribution in [2.75, 3.05) is 0 Å². The van der Waals surface area contributed by atoms with Crippen molar-refractivity contribution >= 4 is 0 Å². The van der Waals surface area contributed by atoms with Crippen LogP contribution in [-0.2, 0) is 12.7 Å². The Morgan fingerprint density at radius 2 is 1.92 bits per heavy atom. The normalized spacial score (nSPS) is 28.9. The Labute approximate surface area is 137 Å². The smallest absolute Gasteiger partial charge is 0.393 e. The van der Waals surface area contributed by atoms with Gasteiger partial charge in [-0.2, -0.15) is 18.3 Å². The van der Waals surface area contributed by atoms with Crippen LogP contribution in [0.15, 0.2) is 24.5 Å². The van der Waals surface area contributed by atoms with Crippen LogP contribution in [0.25, 0.3) is 11.3 Å². The van der Waals surface area contributed by atoms with E-state index in [4.69, 9.17) is 0 Å². The lowest BCUT2D eigenvalue weighted by molar-refractivity contribution is -0.137. The van der Waals surface area contributed by atoms with E-state index in [1.54, 1.807) is 0 Å². The SMILES string of the molecule is CCn1nc(-c2cncc(C(F)(F)F)c2)cc1C1[C@H]2CC(O)C[C@@H]12. The van der Waals surface area contributed by atoms with Crippen LogP contribution in [0.4, 0.5) is 13.2 Å². The fourth-order valence-electron chi connectivity index (χ4n) is 4.08. The molecule has 2 saturated carbocycles. The van der Waals surface area contributed by atoms with Crippen LogP contribution in [0.2, 0.25) is 0 Å². The van der Waals surface area contributed by atoms with E-state index in [2.05, 4.69) is 10.1 Å². The van der Waals surface area contributed by atoms with E-state index < -0.39 is 11.7 Å². The number of hydrogen-bond acceptors (Lipinski definition) is 3. The first-order valence-corrected chi connectivity index (χ1v) is 8.17. The molecule has 4 rings (SSSR count). The van der Waals surface area contributed by atoms with Crippen molar-refractivity contribution in [2.24, 2.45) is 11.8 Å². The monoisotopic (exact) mass is 337 g/mol. The Hall–Kier alpha value is -1.89. The average Bonchev–Trinajstić information content (AvgIpc) is 2.89. The predicted molar refractivity (Wildman–Crippen MR) is 81.1 cm³/mol. The van der Waals surface area contributed by atoms with E-state index in [-0.39, 0.29) is 6.10 Å². The van der Waals surface area contributed by atoms with E-state index in [0.717, 1.165) is 30.8 Å². The summed E-state index contributed by atoms with van der Waals surface area (Å²) in [6.45, 7) is 2.64. The molecule has 2 aliphatic carbocycles. The standard InChI is InChI=1S/C17H18F3N3O/c1-2-23-15(16-12-4-11(24)5-13(12)16)6-14(22-23)9-3-10(8-21-7-9)17(18,19)20/h3,6-8,11-13,16,24H,2,4-5H2,1H3/t11?,12-,13+,16?. The zero-order valence-electron chi connectivity index (χ0n) is 13.2. The van der Waals surface area contributed by atoms with Crippen molar-refractivity contribution in [3.05, 3.63) is 35.8 Å². The van der Waals surface area contributed by atoms with Crippen molar-refractivity contribution in [2.45, 2.75) is 44.5 Å². The molecule has 24 heavy (non-hydrogen) atoms. The molecule has 0 aliphatic heterocycles. The van der Waals surface area contributed by atoms with Crippen molar-refractivity contribution in [1.29, 1.82) is 0 Å². The number of aromatic nitrogens is 3. The third kappa shape index (κ3) is 2.51. The quantitative estimate of drug-likeness (QED) is 0.933. The molecular formula is C17H18F3N3O. The van der Waals surface area contributed by atoms with E-state index in [9.17, 15) is 18.3 Å². The van der Waals surface area contributed by atoms with Crippen molar-refractivity contribution in [3.8, 4) is 11.3 Å². The van der Waals surface area contributed by atoms with Gasteiger partial charge in [0, 0.05) is 36.1 Å². The first-order chi connectivity index (χ1) is 11.4. The maximum atomic E-state index is 12.9. The number of nitrogens with zero attached hydrogens (tertiary/aromatic N) is 3. The van der Waals surface area contributed by atoms with Gasteiger partial charge in [-0.3, -0.25) is 9.67 Å². The summed E-state index contributed by atoms with van der Waals surface area (Å²) in [5.41, 5.74) is 1.20. The number of aliphatic hydroxyl groups excluding tert-OH is 1. The second-order valence-corrected chi connectivity index (χ2v) is 6.71. The van der Waals surface area contributed by atoms with Gasteiger partial charge in [0.15, 0.2) is 0 Å². The molecule has 2 aliphatic rings. The van der Waals surface area contributed by atoms with Gasteiger partial charge >= 0.3 is 6.18 Å². The van der Waals surface area contributed by atoms with Crippen molar-refractivity contribution in [1.82, 2.24) is 14.8 Å². The average molecular weight is 337 g/mol. The van der Waals surface area contributed by atoms with E-state index in [0.29, 0.717) is 35.6 Å². The Bertz CT molecular complexity index is 759. The zero-order valence-corrected chi connectivity index (χ0v) is 13.2. The van der Waals surface area contributed by atoms with Crippen LogP contribution in [0.3, 0.4) is 0 Å². The summed E-state index contributed by atoms with van der Waals surface area (Å²) >= 11 is 0. The number of fused-ring (bicyclic) bond motifs is 1. The molecule has 128 valence electrons. The lowest BCUT2D eigenvalue weighted by atomic mass is 10.1. The summed E-state index contributed by atoms with van der Waals surface area (Å²) in [5.74, 6) is 1.33. The maximum Gasteiger partial charge on any atom is 0.417 e. The number of rotatable bonds is 3. The molecule has 2 unspecified atom stereocenters. The highest BCUT2D eigenvalue weighted by Gasteiger charge is 2.57. The van der Waals surface area contributed by atoms with Crippen LogP contribution in [0.1, 0.15) is 36.9 Å². The highest BCUT2D eigenvalue weighted by atomic mass is 19.4. The van der Waals surface area contributed by atoms with Crippen LogP contribution < -0.4 is 0 Å². The number of alkyl halides is 3. The minimum absolute atomic E-state index is 0.207. The molecule has 0 aromatic carbocycles. The number of halogens is 3. The summed E-state index contributed by atoms with van der Waals surface area (Å²) in [7, 11) is 0. The molecule has 4 atom stereocenters. The number of pyridine rings is 1. The lowest BCUT2D eigenvalue weighted by Crippen LogP contribution is -2.08. The number of hydrogen-bond donors (Lipinski definition) is 1. The van der Waals surface area contributed by atoms with E-state index in [1.165, 1.54) is 6.20 Å². The fraction of sp³-hybridized carbons (Fsp3) is 0.529. The molecule has 0 bridgehead atoms. The Morgan fingerprint density at radius 3 is 2.54 bits per heavy atom. The second-order valence-electron chi connectivity index (χ2n) is 6.71. The number of aryl methyl sites for hydroxylation is 1. The molecule has 0 spiro atoms. The number of aliphatic hydroxyl groups is 1. The predicted octanol–water partition coefficient (Wildman–Crippen LogP) is 3.47. The minimum atomic E-state index is -4.41. The van der Waals surface area contributed by atoms with Crippen LogP contribution in [0, 0.1) is 11.8 Å². The van der Waals surface area contributed by atoms with Gasteiger partial charge in [-0.1, -0.05) is 0 Å². The first-order valence-electron chi connectivity index (χ1n) is 8.17. The molecule has 7 heteroatoms. The molecule has 2 aromatic rings. The summed E-state index contributed by atoms with van der Waals surface area (Å²) in [6, 6.07) is 2.98. The molecule has 0 saturated heterocycles. The third-order valence-corrected chi connectivity index (χ3v) is 5.23. The molecule has 2 fully saturated rings. The molecule has 2 heterocycles. The van der Waals surface area contributed by atoms with E-state index >= 15 is 0 Å². The summed E-state index contributed by atoms with van der Waals surface area (Å²) in [4.78, 5) is 3.72. The highest BCUT2D eigenvalue weighted by Crippen LogP contribution is 2.63. The molecule has 0 radical (unpaired) electrons. The molecule has 2 aromatic heterocycles. The summed E-state index contributed by atoms with van der Waals surface area (Å²) < 4.78 is 40.5. The maximum absolute atomic E-state index is 12.9. The highest BCUT2D eigenvalue weighted by molar-refractivity contribution is 5.60. The van der Waals surface area contributed by atoms with Gasteiger partial charge in [-0.15, -0.1) is 0 Å². The Morgan fingerprint density at radius 1 is 1.21 bits per heavy atom. The Balaban J connectivity index is 1.66. The van der Waals surface area contributed by atoms with Crippen molar-refractivity contribution < 1.29 is 18.3 Å². The van der Waals surface area contributed by atoms with Crippen molar-refractivity contribution in [3.63, 3.8) is 0 Å². The van der Waals surface area contributed by atoms with Crippen LogP contribution >= 0.6 is 0 Å². The topological polar surface area (TPSA) is 50.9 Å². The molecular weight excluding hydrogens is 319 g/mol. The fourth-order valence-corrected chi connectivity index (χ4v) is 4.08. The lowest BCUT2D eigenvalue weighted by Gasteiger charge is -2.09. The Kier molecular flexibility index (Phi) is 3.46. The van der Waals surface area contributed by atoms with Gasteiger partial charge in [0.05, 0.1) is 17.4 Å². The van der Waals surface area contributed by atoms with Crippen LogP contribution in [0.5, 0.6) is 0 Å². The van der Waals surface area contributed by atoms with Gasteiger partial charge in [0.2, 0.25) is 0 Å². The van der Waals surface area contributed by atoms with Gasteiger partial charge in [-0.05, 0) is 43.7 Å². The molecule has 0 amide bonds. The molecule has 1 N–H and O–H groups in total. The van der Waals surface area contributed by atoms with Gasteiger partial charge in [0.1, 0.15) is 0 Å². The summed E-state index contributed by atoms with van der Waals surface area (Å²) in [5, 5.41) is 14.2. The summed E-state index contributed by atoms with van der Waals surface area (Å²) in [6.07, 6.45) is -0.758. The second kappa shape index (κ2) is 5.31. The molecule has 4 nitrogen and oxygen atoms in total. The first kappa shape index (κ1) is 15.6. The largest absolute Gasteiger partial charge is 0.417 e. The zero-order chi connectivity index (χ0) is 17.1. The van der Waals surface area contributed by atoms with Gasteiger partial charge in [0.25, 0.3) is 0 Å². The minimum Gasteiger partial charge on any atom is -0.393 e. The van der Waals surface area contributed by atoms with Gasteiger partial charge < -0.3 is 5.11 Å². The van der Waals surface area contributed by atoms with Gasteiger partial charge in [-0.25, -0.2) is 0 Å².